The van der Waals surface area contributed by atoms with Crippen molar-refractivity contribution in [3.05, 3.63) is 29.8 Å². The summed E-state index contributed by atoms with van der Waals surface area (Å²) in [6, 6.07) is 5.99. The van der Waals surface area contributed by atoms with Crippen molar-refractivity contribution in [2.75, 3.05) is 0 Å². The van der Waals surface area contributed by atoms with Crippen LogP contribution in [0, 0.1) is 6.92 Å². The second-order valence-electron chi connectivity index (χ2n) is 3.55. The summed E-state index contributed by atoms with van der Waals surface area (Å²) in [5.74, 6) is 0. The highest BCUT2D eigenvalue weighted by Gasteiger charge is 2.06. The van der Waals surface area contributed by atoms with Crippen LogP contribution in [-0.2, 0) is 10.1 Å². The average molecular weight is 246 g/mol. The zero-order valence-corrected chi connectivity index (χ0v) is 10.5. The van der Waals surface area contributed by atoms with E-state index in [1.165, 1.54) is 12.1 Å². The number of rotatable bonds is 2. The highest BCUT2D eigenvalue weighted by Crippen LogP contribution is 2.08. The second kappa shape index (κ2) is 6.62. The Morgan fingerprint density at radius 2 is 1.62 bits per heavy atom. The standard InChI is InChI=1S/C7H8O3S.C4H10O/c1-6-2-4-7(5-3-6)11(8,9)10;1-3-4(2)5/h2-5H,1H3,(H,8,9,10);4-5H,3H2,1-2H3. The van der Waals surface area contributed by atoms with Gasteiger partial charge in [-0.05, 0) is 32.4 Å². The fourth-order valence-electron chi connectivity index (χ4n) is 0.710. The molecule has 0 aliphatic heterocycles. The van der Waals surface area contributed by atoms with Crippen molar-refractivity contribution in [1.29, 1.82) is 0 Å². The van der Waals surface area contributed by atoms with Gasteiger partial charge in [0.15, 0.2) is 0 Å². The van der Waals surface area contributed by atoms with Crippen molar-refractivity contribution in [3.63, 3.8) is 0 Å². The first-order valence-corrected chi connectivity index (χ1v) is 6.43. The maximum Gasteiger partial charge on any atom is 0.294 e. The summed E-state index contributed by atoms with van der Waals surface area (Å²) in [5.41, 5.74) is 0.956. The predicted octanol–water partition coefficient (Wildman–Crippen LogP) is 2.02. The lowest BCUT2D eigenvalue weighted by Gasteiger charge is -1.95. The number of aliphatic hydroxyl groups is 1. The van der Waals surface area contributed by atoms with Crippen LogP contribution in [0.1, 0.15) is 25.8 Å². The van der Waals surface area contributed by atoms with Gasteiger partial charge in [-0.1, -0.05) is 24.6 Å². The third-order valence-corrected chi connectivity index (χ3v) is 2.78. The summed E-state index contributed by atoms with van der Waals surface area (Å²) < 4.78 is 29.6. The van der Waals surface area contributed by atoms with Crippen LogP contribution in [0.4, 0.5) is 0 Å². The van der Waals surface area contributed by atoms with Gasteiger partial charge < -0.3 is 5.11 Å². The fraction of sp³-hybridized carbons (Fsp3) is 0.455. The lowest BCUT2D eigenvalue weighted by atomic mass is 10.2. The quantitative estimate of drug-likeness (QED) is 0.783. The Bertz CT molecular complexity index is 392. The van der Waals surface area contributed by atoms with Crippen molar-refractivity contribution in [2.24, 2.45) is 0 Å². The summed E-state index contributed by atoms with van der Waals surface area (Å²) >= 11 is 0. The van der Waals surface area contributed by atoms with Crippen molar-refractivity contribution >= 4 is 10.1 Å². The van der Waals surface area contributed by atoms with E-state index in [9.17, 15) is 8.42 Å². The van der Waals surface area contributed by atoms with Crippen LogP contribution >= 0.6 is 0 Å². The summed E-state index contributed by atoms with van der Waals surface area (Å²) in [6.45, 7) is 5.57. The average Bonchev–Trinajstić information content (AvgIpc) is 2.18. The van der Waals surface area contributed by atoms with E-state index in [0.29, 0.717) is 0 Å². The second-order valence-corrected chi connectivity index (χ2v) is 4.97. The van der Waals surface area contributed by atoms with E-state index < -0.39 is 10.1 Å². The van der Waals surface area contributed by atoms with Gasteiger partial charge in [0.25, 0.3) is 10.1 Å². The molecule has 0 spiro atoms. The van der Waals surface area contributed by atoms with E-state index in [-0.39, 0.29) is 11.0 Å². The van der Waals surface area contributed by atoms with Crippen LogP contribution in [0.25, 0.3) is 0 Å². The van der Waals surface area contributed by atoms with Crippen LogP contribution in [0.15, 0.2) is 29.2 Å². The Morgan fingerprint density at radius 1 is 1.25 bits per heavy atom. The molecule has 16 heavy (non-hydrogen) atoms. The maximum absolute atomic E-state index is 10.5. The number of hydrogen-bond acceptors (Lipinski definition) is 3. The molecule has 0 fully saturated rings. The third-order valence-electron chi connectivity index (χ3n) is 1.91. The van der Waals surface area contributed by atoms with E-state index in [1.807, 2.05) is 13.8 Å². The molecule has 1 atom stereocenters. The van der Waals surface area contributed by atoms with E-state index >= 15 is 0 Å². The normalized spacial score (nSPS) is 12.6. The molecule has 0 aliphatic rings. The van der Waals surface area contributed by atoms with Crippen LogP contribution in [0.2, 0.25) is 0 Å². The van der Waals surface area contributed by atoms with Gasteiger partial charge in [-0.3, -0.25) is 4.55 Å². The SMILES string of the molecule is CCC(C)O.Cc1ccc(S(=O)(=O)O)cc1. The number of aliphatic hydroxyl groups excluding tert-OH is 1. The zero-order valence-electron chi connectivity index (χ0n) is 9.71. The lowest BCUT2D eigenvalue weighted by molar-refractivity contribution is 0.191. The number of hydrogen-bond donors (Lipinski definition) is 2. The Morgan fingerprint density at radius 3 is 1.88 bits per heavy atom. The van der Waals surface area contributed by atoms with Crippen molar-refractivity contribution in [2.45, 2.75) is 38.2 Å². The molecular weight excluding hydrogens is 228 g/mol. The Labute approximate surface area is 96.7 Å². The summed E-state index contributed by atoms with van der Waals surface area (Å²) in [4.78, 5) is -0.0666. The third kappa shape index (κ3) is 6.55. The first-order valence-electron chi connectivity index (χ1n) is 4.99. The molecule has 0 heterocycles. The van der Waals surface area contributed by atoms with Crippen LogP contribution < -0.4 is 0 Å². The van der Waals surface area contributed by atoms with Crippen molar-refractivity contribution in [1.82, 2.24) is 0 Å². The first-order chi connectivity index (χ1) is 7.27. The van der Waals surface area contributed by atoms with Gasteiger partial charge in [0, 0.05) is 0 Å². The maximum atomic E-state index is 10.5. The Kier molecular flexibility index (Phi) is 6.25. The Hall–Kier alpha value is -0.910. The van der Waals surface area contributed by atoms with Gasteiger partial charge in [-0.15, -0.1) is 0 Å². The minimum atomic E-state index is -4.02. The molecule has 92 valence electrons. The molecule has 1 aromatic rings. The van der Waals surface area contributed by atoms with Gasteiger partial charge in [-0.25, -0.2) is 0 Å². The van der Waals surface area contributed by atoms with Crippen molar-refractivity contribution in [3.8, 4) is 0 Å². The van der Waals surface area contributed by atoms with E-state index in [0.717, 1.165) is 12.0 Å². The number of aryl methyl sites for hydroxylation is 1. The molecular formula is C11H18O4S. The lowest BCUT2D eigenvalue weighted by Crippen LogP contribution is -1.96. The van der Waals surface area contributed by atoms with Crippen LogP contribution in [-0.4, -0.2) is 24.2 Å². The molecule has 0 aromatic heterocycles. The molecule has 0 bridgehead atoms. The molecule has 5 heteroatoms. The molecule has 1 rings (SSSR count). The van der Waals surface area contributed by atoms with Gasteiger partial charge in [0.2, 0.25) is 0 Å². The summed E-state index contributed by atoms with van der Waals surface area (Å²) in [5, 5.41) is 8.36. The minimum absolute atomic E-state index is 0.0666. The molecule has 1 aromatic carbocycles. The molecule has 4 nitrogen and oxygen atoms in total. The van der Waals surface area contributed by atoms with E-state index in [2.05, 4.69) is 0 Å². The molecule has 1 unspecified atom stereocenters. The van der Waals surface area contributed by atoms with Gasteiger partial charge in [-0.2, -0.15) is 8.42 Å². The van der Waals surface area contributed by atoms with Gasteiger partial charge in [0.1, 0.15) is 0 Å². The fourth-order valence-corrected chi connectivity index (χ4v) is 1.19. The monoisotopic (exact) mass is 246 g/mol. The topological polar surface area (TPSA) is 74.6 Å². The highest BCUT2D eigenvalue weighted by atomic mass is 32.2. The van der Waals surface area contributed by atoms with Gasteiger partial charge in [0.05, 0.1) is 11.0 Å². The smallest absolute Gasteiger partial charge is 0.294 e. The molecule has 0 aliphatic carbocycles. The van der Waals surface area contributed by atoms with Crippen molar-refractivity contribution < 1.29 is 18.1 Å². The van der Waals surface area contributed by atoms with Gasteiger partial charge >= 0.3 is 0 Å². The van der Waals surface area contributed by atoms with Crippen LogP contribution in [0.5, 0.6) is 0 Å². The number of benzene rings is 1. The minimum Gasteiger partial charge on any atom is -0.393 e. The largest absolute Gasteiger partial charge is 0.393 e. The molecule has 0 radical (unpaired) electrons. The first kappa shape index (κ1) is 15.1. The molecule has 0 saturated heterocycles. The van der Waals surface area contributed by atoms with E-state index in [4.69, 9.17) is 9.66 Å². The summed E-state index contributed by atoms with van der Waals surface area (Å²) in [7, 11) is -4.02. The predicted molar refractivity (Wildman–Crippen MR) is 63.0 cm³/mol. The Balaban J connectivity index is 0.000000385. The van der Waals surface area contributed by atoms with Crippen LogP contribution in [0.3, 0.4) is 0 Å². The molecule has 0 saturated carbocycles. The summed E-state index contributed by atoms with van der Waals surface area (Å²) in [6.07, 6.45) is 0.745. The highest BCUT2D eigenvalue weighted by molar-refractivity contribution is 7.85. The molecule has 0 amide bonds. The van der Waals surface area contributed by atoms with E-state index in [1.54, 1.807) is 19.1 Å². The molecule has 2 N–H and O–H groups in total. The zero-order chi connectivity index (χ0) is 12.8.